The van der Waals surface area contributed by atoms with Crippen LogP contribution >= 0.6 is 15.9 Å². The summed E-state index contributed by atoms with van der Waals surface area (Å²) in [7, 11) is -3.83. The number of nitrogens with one attached hydrogen (secondary N) is 1. The summed E-state index contributed by atoms with van der Waals surface area (Å²) >= 11 is 3.28. The van der Waals surface area contributed by atoms with Gasteiger partial charge < -0.3 is 10.1 Å². The zero-order valence-corrected chi connectivity index (χ0v) is 16.9. The van der Waals surface area contributed by atoms with E-state index < -0.39 is 20.5 Å². The first-order valence-corrected chi connectivity index (χ1v) is 10.5. The van der Waals surface area contributed by atoms with Crippen molar-refractivity contribution in [2.45, 2.75) is 36.0 Å². The van der Waals surface area contributed by atoms with E-state index >= 15 is 0 Å². The molecule has 5 nitrogen and oxygen atoms in total. The summed E-state index contributed by atoms with van der Waals surface area (Å²) in [6.07, 6.45) is 0.499. The first-order chi connectivity index (χ1) is 12.2. The Balaban J connectivity index is 1.68. The van der Waals surface area contributed by atoms with Crippen molar-refractivity contribution >= 4 is 31.7 Å². The molecule has 7 heteroatoms. The maximum absolute atomic E-state index is 12.9. The molecule has 1 aliphatic rings. The number of carbonyl (C=O) groups is 1. The molecule has 138 valence electrons. The molecule has 0 bridgehead atoms. The number of rotatable bonds is 5. The van der Waals surface area contributed by atoms with E-state index in [9.17, 15) is 13.2 Å². The average molecular weight is 438 g/mol. The van der Waals surface area contributed by atoms with Crippen LogP contribution in [0.1, 0.15) is 19.4 Å². The minimum Gasteiger partial charge on any atom is -0.488 e. The molecule has 1 heterocycles. The Morgan fingerprint density at radius 3 is 2.50 bits per heavy atom. The molecule has 2 aromatic carbocycles. The lowest BCUT2D eigenvalue weighted by molar-refractivity contribution is -0.123. The maximum Gasteiger partial charge on any atom is 0.241 e. The molecule has 2 aromatic rings. The van der Waals surface area contributed by atoms with Gasteiger partial charge in [-0.3, -0.25) is 4.79 Å². The molecule has 0 radical (unpaired) electrons. The highest BCUT2D eigenvalue weighted by molar-refractivity contribution is 9.10. The van der Waals surface area contributed by atoms with E-state index in [1.54, 1.807) is 12.1 Å². The summed E-state index contributed by atoms with van der Waals surface area (Å²) < 4.78 is 30.7. The SMILES string of the molecule is CC(C)(C(=O)NCC1Cc2ccccc2O1)S(=O)(=O)c1ccc(Br)cc1. The number of hydrogen-bond donors (Lipinski definition) is 1. The van der Waals surface area contributed by atoms with Crippen molar-refractivity contribution in [1.82, 2.24) is 5.32 Å². The summed E-state index contributed by atoms with van der Waals surface area (Å²) in [6.45, 7) is 3.10. The minimum absolute atomic E-state index is 0.116. The fraction of sp³-hybridized carbons (Fsp3) is 0.316. The maximum atomic E-state index is 12.9. The van der Waals surface area contributed by atoms with E-state index in [1.165, 1.54) is 26.0 Å². The van der Waals surface area contributed by atoms with E-state index in [1.807, 2.05) is 24.3 Å². The molecule has 0 aliphatic carbocycles. The molecule has 0 aromatic heterocycles. The Labute approximate surface area is 161 Å². The zero-order chi connectivity index (χ0) is 18.9. The molecule has 0 saturated carbocycles. The van der Waals surface area contributed by atoms with Crippen LogP contribution in [0.5, 0.6) is 5.75 Å². The fourth-order valence-corrected chi connectivity index (χ4v) is 4.48. The van der Waals surface area contributed by atoms with Crippen molar-refractivity contribution in [3.05, 3.63) is 58.6 Å². The highest BCUT2D eigenvalue weighted by atomic mass is 79.9. The predicted molar refractivity (Wildman–Crippen MR) is 103 cm³/mol. The van der Waals surface area contributed by atoms with Gasteiger partial charge in [-0.05, 0) is 49.7 Å². The van der Waals surface area contributed by atoms with Crippen LogP contribution < -0.4 is 10.1 Å². The molecule has 3 rings (SSSR count). The summed E-state index contributed by atoms with van der Waals surface area (Å²) in [5.74, 6) is 0.272. The van der Waals surface area contributed by atoms with Crippen LogP contribution in [0.2, 0.25) is 0 Å². The second-order valence-electron chi connectivity index (χ2n) is 6.73. The number of sulfone groups is 1. The summed E-state index contributed by atoms with van der Waals surface area (Å²) in [5, 5.41) is 2.73. The number of ether oxygens (including phenoxy) is 1. The molecule has 1 atom stereocenters. The van der Waals surface area contributed by atoms with Crippen LogP contribution in [-0.2, 0) is 21.1 Å². The van der Waals surface area contributed by atoms with Gasteiger partial charge >= 0.3 is 0 Å². The van der Waals surface area contributed by atoms with Crippen molar-refractivity contribution in [2.24, 2.45) is 0 Å². The summed E-state index contributed by atoms with van der Waals surface area (Å²) in [5.41, 5.74) is 1.09. The fourth-order valence-electron chi connectivity index (χ4n) is 2.82. The largest absolute Gasteiger partial charge is 0.488 e. The number of carbonyl (C=O) groups excluding carboxylic acids is 1. The molecule has 1 aliphatic heterocycles. The van der Waals surface area contributed by atoms with Crippen LogP contribution in [0.15, 0.2) is 57.9 Å². The number of para-hydroxylation sites is 1. The Bertz CT molecular complexity index is 898. The first-order valence-electron chi connectivity index (χ1n) is 8.25. The molecule has 1 N–H and O–H groups in total. The number of hydrogen-bond acceptors (Lipinski definition) is 4. The standard InChI is InChI=1S/C19H20BrNO4S/c1-19(2,26(23,24)16-9-7-14(20)8-10-16)18(22)21-12-15-11-13-5-3-4-6-17(13)25-15/h3-10,15H,11-12H2,1-2H3,(H,21,22). The Hall–Kier alpha value is -1.86. The lowest BCUT2D eigenvalue weighted by Crippen LogP contribution is -2.50. The van der Waals surface area contributed by atoms with E-state index in [0.717, 1.165) is 15.8 Å². The van der Waals surface area contributed by atoms with Gasteiger partial charge in [0, 0.05) is 10.9 Å². The van der Waals surface area contributed by atoms with Gasteiger partial charge in [0.1, 0.15) is 16.6 Å². The van der Waals surface area contributed by atoms with Gasteiger partial charge in [0.2, 0.25) is 5.91 Å². The lowest BCUT2D eigenvalue weighted by atomic mass is 10.1. The van der Waals surface area contributed by atoms with Gasteiger partial charge in [-0.1, -0.05) is 34.1 Å². The van der Waals surface area contributed by atoms with Crippen LogP contribution in [-0.4, -0.2) is 31.7 Å². The smallest absolute Gasteiger partial charge is 0.241 e. The summed E-state index contributed by atoms with van der Waals surface area (Å²) in [6, 6.07) is 14.0. The van der Waals surface area contributed by atoms with Crippen molar-refractivity contribution in [3.63, 3.8) is 0 Å². The summed E-state index contributed by atoms with van der Waals surface area (Å²) in [4.78, 5) is 12.7. The minimum atomic E-state index is -3.83. The van der Waals surface area contributed by atoms with Crippen LogP contribution in [0.3, 0.4) is 0 Å². The monoisotopic (exact) mass is 437 g/mol. The third-order valence-electron chi connectivity index (χ3n) is 4.55. The third-order valence-corrected chi connectivity index (χ3v) is 7.50. The number of halogens is 1. The van der Waals surface area contributed by atoms with Gasteiger partial charge in [0.15, 0.2) is 9.84 Å². The Morgan fingerprint density at radius 1 is 1.19 bits per heavy atom. The molecule has 0 spiro atoms. The van der Waals surface area contributed by atoms with Gasteiger partial charge in [-0.25, -0.2) is 8.42 Å². The molecule has 26 heavy (non-hydrogen) atoms. The predicted octanol–water partition coefficient (Wildman–Crippen LogP) is 3.12. The normalized spacial score (nSPS) is 16.7. The zero-order valence-electron chi connectivity index (χ0n) is 14.5. The Morgan fingerprint density at radius 2 is 1.85 bits per heavy atom. The number of benzene rings is 2. The molecule has 0 fully saturated rings. The third kappa shape index (κ3) is 3.50. The van der Waals surface area contributed by atoms with Crippen molar-refractivity contribution in [2.75, 3.05) is 6.54 Å². The number of amides is 1. The van der Waals surface area contributed by atoms with Crippen molar-refractivity contribution in [1.29, 1.82) is 0 Å². The van der Waals surface area contributed by atoms with E-state index in [-0.39, 0.29) is 17.5 Å². The van der Waals surface area contributed by atoms with Crippen molar-refractivity contribution < 1.29 is 17.9 Å². The van der Waals surface area contributed by atoms with Crippen molar-refractivity contribution in [3.8, 4) is 5.75 Å². The Kier molecular flexibility index (Phi) is 5.12. The quantitative estimate of drug-likeness (QED) is 0.779. The van der Waals surface area contributed by atoms with E-state index in [0.29, 0.717) is 6.42 Å². The molecule has 1 unspecified atom stereocenters. The highest BCUT2D eigenvalue weighted by Crippen LogP contribution is 2.29. The van der Waals surface area contributed by atoms with E-state index in [2.05, 4.69) is 21.2 Å². The second kappa shape index (κ2) is 7.04. The van der Waals surface area contributed by atoms with Gasteiger partial charge in [0.25, 0.3) is 0 Å². The van der Waals surface area contributed by atoms with Gasteiger partial charge in [-0.2, -0.15) is 0 Å². The molecule has 1 amide bonds. The topological polar surface area (TPSA) is 72.5 Å². The van der Waals surface area contributed by atoms with Crippen LogP contribution in [0.4, 0.5) is 0 Å². The van der Waals surface area contributed by atoms with Crippen LogP contribution in [0.25, 0.3) is 0 Å². The second-order valence-corrected chi connectivity index (χ2v) is 10.1. The van der Waals surface area contributed by atoms with E-state index in [4.69, 9.17) is 4.74 Å². The van der Waals surface area contributed by atoms with Crippen LogP contribution in [0, 0.1) is 0 Å². The van der Waals surface area contributed by atoms with Gasteiger partial charge in [0.05, 0.1) is 11.4 Å². The first kappa shape index (κ1) is 18.9. The average Bonchev–Trinajstić information content (AvgIpc) is 3.02. The molecule has 0 saturated heterocycles. The number of fused-ring (bicyclic) bond motifs is 1. The highest BCUT2D eigenvalue weighted by Gasteiger charge is 2.43. The molecular weight excluding hydrogens is 418 g/mol. The van der Waals surface area contributed by atoms with Gasteiger partial charge in [-0.15, -0.1) is 0 Å². The molecular formula is C19H20BrNO4S. The lowest BCUT2D eigenvalue weighted by Gasteiger charge is -2.24.